The molecule has 8 amide bonds. The second kappa shape index (κ2) is 50.3. The molecule has 4 aromatic rings. The van der Waals surface area contributed by atoms with E-state index >= 15 is 13.2 Å². The highest BCUT2D eigenvalue weighted by molar-refractivity contribution is 7.90. The number of halogens is 1. The Morgan fingerprint density at radius 1 is 0.429 bits per heavy atom. The number of aromatic nitrogens is 1. The molecule has 0 aliphatic carbocycles. The molecule has 0 radical (unpaired) electrons. The summed E-state index contributed by atoms with van der Waals surface area (Å²) in [6.45, 7) is 2.59. The number of H-pyrrole nitrogens is 1. The van der Waals surface area contributed by atoms with E-state index < -0.39 is 280 Å². The lowest BCUT2D eigenvalue weighted by atomic mass is 10.0. The molecule has 7 atom stereocenters. The lowest BCUT2D eigenvalue weighted by molar-refractivity contribution is -0.137. The predicted molar refractivity (Wildman–Crippen MR) is 477 cm³/mol. The largest absolute Gasteiger partial charge is 0.481 e. The molecule has 712 valence electrons. The van der Waals surface area contributed by atoms with Crippen LogP contribution in [0.25, 0.3) is 10.9 Å². The van der Waals surface area contributed by atoms with Crippen molar-refractivity contribution in [1.82, 2.24) is 72.3 Å². The van der Waals surface area contributed by atoms with E-state index in [1.807, 2.05) is 13.8 Å². The molecule has 0 saturated carbocycles. The zero-order chi connectivity index (χ0) is 95.2. The Hall–Kier alpha value is -7.95. The van der Waals surface area contributed by atoms with Crippen LogP contribution in [0.5, 0.6) is 0 Å². The smallest absolute Gasteiger partial charge is 0.303 e. The van der Waals surface area contributed by atoms with Gasteiger partial charge in [0.05, 0.1) is 87.7 Å². The summed E-state index contributed by atoms with van der Waals surface area (Å²) >= 11 is 6.21. The molecule has 0 unspecified atom stereocenters. The molecule has 1 aromatic heterocycles. The number of nitrogens with one attached hydrogen (secondary N) is 8. The Morgan fingerprint density at radius 2 is 0.810 bits per heavy atom. The van der Waals surface area contributed by atoms with E-state index in [9.17, 15) is 94.0 Å². The number of nitrogens with two attached hydrogens (primary N) is 2. The molecule has 126 heavy (non-hydrogen) atoms. The number of carbonyl (C=O) groups is 9. The summed E-state index contributed by atoms with van der Waals surface area (Å²) in [7, 11) is -30.9. The Balaban J connectivity index is 1.72. The molecule has 3 aromatic carbocycles. The summed E-state index contributed by atoms with van der Waals surface area (Å²) in [4.78, 5) is 125. The Kier molecular flexibility index (Phi) is 44.1. The van der Waals surface area contributed by atoms with Gasteiger partial charge in [-0.05, 0) is 118 Å². The molecular formula is C77H126ClN17O24S7. The maximum atomic E-state index is 15.1. The number of primary amides is 1. The minimum absolute atomic E-state index is 0.0152. The Bertz CT molecular complexity index is 5180. The van der Waals surface area contributed by atoms with E-state index in [1.165, 1.54) is 26.0 Å². The van der Waals surface area contributed by atoms with Crippen LogP contribution in [-0.2, 0) is 126 Å². The molecule has 49 heteroatoms. The van der Waals surface area contributed by atoms with Crippen LogP contribution in [0.3, 0.4) is 0 Å². The van der Waals surface area contributed by atoms with Crippen molar-refractivity contribution in [2.75, 3.05) is 135 Å². The first-order chi connectivity index (χ1) is 58.2. The quantitative estimate of drug-likeness (QED) is 0.0234. The average Bonchev–Trinajstić information content (AvgIpc) is 1.02. The number of carbonyl (C=O) groups excluding carboxylic acids is 8. The second-order valence-electron chi connectivity index (χ2n) is 32.9. The molecule has 0 aliphatic heterocycles. The van der Waals surface area contributed by atoms with Crippen molar-refractivity contribution in [3.05, 3.63) is 101 Å². The van der Waals surface area contributed by atoms with Crippen LogP contribution >= 0.6 is 11.6 Å². The van der Waals surface area contributed by atoms with Crippen LogP contribution in [0.15, 0.2) is 90.0 Å². The zero-order valence-electron chi connectivity index (χ0n) is 73.4. The van der Waals surface area contributed by atoms with Crippen LogP contribution in [0.1, 0.15) is 111 Å². The van der Waals surface area contributed by atoms with Gasteiger partial charge in [0.25, 0.3) is 0 Å². The van der Waals surface area contributed by atoms with E-state index in [0.717, 1.165) is 60.6 Å². The van der Waals surface area contributed by atoms with Crippen LogP contribution in [-0.4, -0.2) is 330 Å². The van der Waals surface area contributed by atoms with Gasteiger partial charge in [0.2, 0.25) is 117 Å². The summed E-state index contributed by atoms with van der Waals surface area (Å²) in [5, 5.41) is 29.3. The Labute approximate surface area is 746 Å². The van der Waals surface area contributed by atoms with Gasteiger partial charge in [-0.2, -0.15) is 30.1 Å². The van der Waals surface area contributed by atoms with Crippen molar-refractivity contribution in [2.45, 2.75) is 160 Å². The SMILES string of the molecule is CC(=O)N[C@@H](CC(C)C)CN(CC(=O)N[C@@H](Cc1ccccc1)CN(CC(=O)N[C@@H](CCC(=O)O)CN(CC(=O)N[C@@H](Cc1c[nH]c2ccccc12)CN(CC(=O)N[C@@H](CCCCN)CN(CC(=O)N[C@@H](CC(C)C)CN(CC(=O)N[C@@H](C)CN(CC(N)=O)S(C)(=O)=O)S(=O)(=O)CC(C)C)S(C)(=O)=O)S(C)(=O)=O)S(=O)(=O)c1ccc(Cl)cc1)S(C)(=O)=O)S(C)(=O)=O. The summed E-state index contributed by atoms with van der Waals surface area (Å²) in [5.41, 5.74) is 12.7. The first kappa shape index (κ1) is 110. The third kappa shape index (κ3) is 41.2. The van der Waals surface area contributed by atoms with Gasteiger partial charge in [0.1, 0.15) is 0 Å². The van der Waals surface area contributed by atoms with Crippen LogP contribution in [0.2, 0.25) is 5.02 Å². The molecule has 0 spiro atoms. The lowest BCUT2D eigenvalue weighted by Crippen LogP contribution is -2.55. The molecule has 0 fully saturated rings. The zero-order valence-corrected chi connectivity index (χ0v) is 79.9. The lowest BCUT2D eigenvalue weighted by Gasteiger charge is -2.31. The standard InChI is InChI=1S/C77H126ClN17O24S7/c1-53(2)33-63(83-57(8)96)41-91(122(11,110)111)49-75(102)87-65(35-58-21-15-14-16-22-58)42-92(123(12,112)113)47-73(100)85-62(28-31-77(104)105)40-95(126(118,119)67-29-26-60(78)27-30-67)51-76(103)88-66(36-59-37-81-69-25-18-17-24-68(59)69)43-93(124(13,114)115)46-72(99)84-61(23-19-20-32-79)39-90(121(10,108)109)48-74(101)86-64(34-54(3)4)44-94(125(116,117)52-55(5)6)50-71(98)82-56(7)38-89(45-70(80)97)120(9,106)107/h14-18,21-22,24-27,29-30,37,53-56,61-66,81H,19-20,23,28,31-36,38-52,79H2,1-13H3,(H2,80,97)(H,82,98)(H,83,96)(H,84,99)(H,85,100)(H,86,101)(H,87,102)(H,88,103)(H,104,105)/t56-,61-,62-,63-,64-,65-,66-/m0/s1. The molecule has 41 nitrogen and oxygen atoms in total. The predicted octanol–water partition coefficient (Wildman–Crippen LogP) is -1.10. The van der Waals surface area contributed by atoms with Gasteiger partial charge in [0.15, 0.2) is 0 Å². The highest BCUT2D eigenvalue weighted by Crippen LogP contribution is 2.24. The highest BCUT2D eigenvalue weighted by Gasteiger charge is 2.38. The topological polar surface area (TPSA) is 588 Å². The van der Waals surface area contributed by atoms with Gasteiger partial charge in [0, 0.05) is 124 Å². The molecule has 0 saturated heterocycles. The number of rotatable bonds is 60. The number of benzene rings is 3. The molecule has 1 heterocycles. The van der Waals surface area contributed by atoms with E-state index in [2.05, 4.69) is 42.2 Å². The minimum Gasteiger partial charge on any atom is -0.481 e. The number of aromatic amines is 1. The van der Waals surface area contributed by atoms with Gasteiger partial charge in [-0.15, -0.1) is 0 Å². The normalized spacial score (nSPS) is 14.5. The molecular weight excluding hydrogens is 1810 g/mol. The van der Waals surface area contributed by atoms with Crippen molar-refractivity contribution in [2.24, 2.45) is 29.2 Å². The number of sulfonamides is 7. The number of aliphatic carboxylic acids is 1. The minimum atomic E-state index is -4.96. The fourth-order valence-electron chi connectivity index (χ4n) is 13.9. The monoisotopic (exact) mass is 1930 g/mol. The number of amides is 8. The van der Waals surface area contributed by atoms with Gasteiger partial charge >= 0.3 is 5.97 Å². The third-order valence-corrected chi connectivity index (χ3v) is 29.7. The van der Waals surface area contributed by atoms with Crippen molar-refractivity contribution < 1.29 is 107 Å². The van der Waals surface area contributed by atoms with Gasteiger partial charge < -0.3 is 58.8 Å². The number of fused-ring (bicyclic) bond motifs is 1. The highest BCUT2D eigenvalue weighted by atomic mass is 35.5. The maximum Gasteiger partial charge on any atom is 0.303 e. The summed E-state index contributed by atoms with van der Waals surface area (Å²) in [5.74, 6) is -10.1. The van der Waals surface area contributed by atoms with Crippen molar-refractivity contribution in [1.29, 1.82) is 0 Å². The number of hydrogen-bond acceptors (Lipinski definition) is 24. The number of para-hydroxylation sites is 1. The fourth-order valence-corrected chi connectivity index (χ4v) is 21.3. The third-order valence-electron chi connectivity index (χ3n) is 19.3. The van der Waals surface area contributed by atoms with Gasteiger partial charge in [-0.1, -0.05) is 108 Å². The molecule has 0 bridgehead atoms. The van der Waals surface area contributed by atoms with E-state index in [4.69, 9.17) is 23.1 Å². The van der Waals surface area contributed by atoms with E-state index in [-0.39, 0.29) is 62.1 Å². The van der Waals surface area contributed by atoms with Crippen LogP contribution in [0, 0.1) is 17.8 Å². The van der Waals surface area contributed by atoms with Crippen molar-refractivity contribution in [3.8, 4) is 0 Å². The fraction of sp³-hybridized carbons (Fsp3) is 0.623. The summed E-state index contributed by atoms with van der Waals surface area (Å²) < 4.78 is 198. The number of unbranched alkanes of at least 4 members (excludes halogenated alkanes) is 1. The molecule has 0 aliphatic rings. The van der Waals surface area contributed by atoms with Crippen molar-refractivity contribution >= 4 is 146 Å². The Morgan fingerprint density at radius 3 is 1.25 bits per heavy atom. The number of carboxylic acids is 1. The molecule has 4 rings (SSSR count). The summed E-state index contributed by atoms with van der Waals surface area (Å²) in [6.07, 6.45) is 4.86. The van der Waals surface area contributed by atoms with E-state index in [0.29, 0.717) is 47.8 Å². The second-order valence-corrected chi connectivity index (χ2v) is 47.2. The van der Waals surface area contributed by atoms with Gasteiger partial charge in [-0.25, -0.2) is 58.9 Å². The number of hydrogen-bond donors (Lipinski definition) is 11. The molecule has 13 N–H and O–H groups in total. The number of carboxylic acid groups (broad SMARTS) is 1. The average molecular weight is 1930 g/mol. The first-order valence-electron chi connectivity index (χ1n) is 40.5. The van der Waals surface area contributed by atoms with Crippen LogP contribution < -0.4 is 48.7 Å². The maximum absolute atomic E-state index is 15.1. The van der Waals surface area contributed by atoms with Crippen LogP contribution in [0.4, 0.5) is 0 Å². The number of nitrogens with zero attached hydrogens (tertiary/aromatic N) is 7. The van der Waals surface area contributed by atoms with Gasteiger partial charge in [-0.3, -0.25) is 43.2 Å². The van der Waals surface area contributed by atoms with Crippen molar-refractivity contribution in [3.63, 3.8) is 0 Å². The first-order valence-corrected chi connectivity index (χ1v) is 53.2. The van der Waals surface area contributed by atoms with E-state index in [1.54, 1.807) is 88.5 Å². The summed E-state index contributed by atoms with van der Waals surface area (Å²) in [6, 6.07) is 11.7.